The molecule has 0 unspecified atom stereocenters. The van der Waals surface area contributed by atoms with Crippen molar-refractivity contribution in [1.29, 1.82) is 0 Å². The molecule has 0 bridgehead atoms. The number of hydrogen-bond donors (Lipinski definition) is 1. The number of ether oxygens (including phenoxy) is 1. The third kappa shape index (κ3) is 4.12. The fourth-order valence-electron chi connectivity index (χ4n) is 2.86. The molecule has 1 N–H and O–H groups in total. The van der Waals surface area contributed by atoms with Gasteiger partial charge in [0.1, 0.15) is 17.5 Å². The van der Waals surface area contributed by atoms with Crippen LogP contribution < -0.4 is 4.74 Å². The standard InChI is InChI=1S/C18H18BrNO3/c19-14-3-1-4-16(11-14)23-15-8-6-13(7-9-15)12-20-10-2-5-17(20)18(21)22/h1,3-4,6-9,11,17H,2,5,10,12H2,(H,21,22)/t17-/m1/s1. The Hall–Kier alpha value is -1.85. The van der Waals surface area contributed by atoms with E-state index in [1.165, 1.54) is 0 Å². The van der Waals surface area contributed by atoms with Crippen LogP contribution in [0.4, 0.5) is 0 Å². The summed E-state index contributed by atoms with van der Waals surface area (Å²) >= 11 is 3.42. The van der Waals surface area contributed by atoms with Crippen molar-refractivity contribution in [2.24, 2.45) is 0 Å². The van der Waals surface area contributed by atoms with Crippen molar-refractivity contribution in [2.45, 2.75) is 25.4 Å². The van der Waals surface area contributed by atoms with Gasteiger partial charge in [0.15, 0.2) is 0 Å². The molecule has 2 aromatic carbocycles. The van der Waals surface area contributed by atoms with E-state index in [1.807, 2.05) is 53.4 Å². The molecule has 120 valence electrons. The van der Waals surface area contributed by atoms with Gasteiger partial charge in [-0.25, -0.2) is 0 Å². The van der Waals surface area contributed by atoms with Crippen molar-refractivity contribution >= 4 is 21.9 Å². The molecule has 0 radical (unpaired) electrons. The predicted octanol–water partition coefficient (Wildman–Crippen LogP) is 4.29. The summed E-state index contributed by atoms with van der Waals surface area (Å²) in [6.07, 6.45) is 1.68. The molecule has 1 fully saturated rings. The molecule has 0 spiro atoms. The minimum Gasteiger partial charge on any atom is -0.480 e. The number of nitrogens with zero attached hydrogens (tertiary/aromatic N) is 1. The van der Waals surface area contributed by atoms with Crippen molar-refractivity contribution in [3.63, 3.8) is 0 Å². The molecule has 2 aromatic rings. The molecule has 23 heavy (non-hydrogen) atoms. The van der Waals surface area contributed by atoms with E-state index in [0.29, 0.717) is 6.54 Å². The average molecular weight is 376 g/mol. The number of carbonyl (C=O) groups is 1. The summed E-state index contributed by atoms with van der Waals surface area (Å²) in [6, 6.07) is 15.2. The van der Waals surface area contributed by atoms with Crippen molar-refractivity contribution in [2.75, 3.05) is 6.54 Å². The minimum atomic E-state index is -0.725. The van der Waals surface area contributed by atoms with Crippen LogP contribution in [-0.2, 0) is 11.3 Å². The molecular weight excluding hydrogens is 358 g/mol. The highest BCUT2D eigenvalue weighted by molar-refractivity contribution is 9.10. The zero-order chi connectivity index (χ0) is 16.2. The molecule has 4 nitrogen and oxygen atoms in total. The largest absolute Gasteiger partial charge is 0.480 e. The van der Waals surface area contributed by atoms with Crippen LogP contribution in [0.2, 0.25) is 0 Å². The van der Waals surface area contributed by atoms with Gasteiger partial charge in [0, 0.05) is 11.0 Å². The number of carboxylic acid groups (broad SMARTS) is 1. The first-order valence-electron chi connectivity index (χ1n) is 7.61. The number of halogens is 1. The first-order chi connectivity index (χ1) is 11.1. The topological polar surface area (TPSA) is 49.8 Å². The molecule has 0 saturated carbocycles. The highest BCUT2D eigenvalue weighted by Crippen LogP contribution is 2.26. The molecule has 0 aliphatic carbocycles. The second-order valence-electron chi connectivity index (χ2n) is 5.67. The lowest BCUT2D eigenvalue weighted by Crippen LogP contribution is -2.35. The van der Waals surface area contributed by atoms with Crippen LogP contribution in [0, 0.1) is 0 Å². The number of likely N-dealkylation sites (tertiary alicyclic amines) is 1. The molecule has 1 heterocycles. The van der Waals surface area contributed by atoms with Crippen LogP contribution in [0.15, 0.2) is 53.0 Å². The van der Waals surface area contributed by atoms with Crippen molar-refractivity contribution < 1.29 is 14.6 Å². The van der Waals surface area contributed by atoms with E-state index in [2.05, 4.69) is 15.9 Å². The zero-order valence-electron chi connectivity index (χ0n) is 12.6. The lowest BCUT2D eigenvalue weighted by molar-refractivity contribution is -0.142. The molecule has 0 aromatic heterocycles. The van der Waals surface area contributed by atoms with Gasteiger partial charge in [0.05, 0.1) is 0 Å². The molecule has 1 saturated heterocycles. The summed E-state index contributed by atoms with van der Waals surface area (Å²) in [5.74, 6) is 0.817. The second kappa shape index (κ2) is 7.15. The van der Waals surface area contributed by atoms with Crippen molar-refractivity contribution in [1.82, 2.24) is 4.90 Å². The number of rotatable bonds is 5. The average Bonchev–Trinajstić information content (AvgIpc) is 2.98. The van der Waals surface area contributed by atoms with E-state index < -0.39 is 5.97 Å². The Morgan fingerprint density at radius 3 is 2.70 bits per heavy atom. The Morgan fingerprint density at radius 2 is 2.00 bits per heavy atom. The van der Waals surface area contributed by atoms with Gasteiger partial charge in [-0.1, -0.05) is 34.1 Å². The van der Waals surface area contributed by atoms with Gasteiger partial charge in [0.25, 0.3) is 0 Å². The smallest absolute Gasteiger partial charge is 0.320 e. The molecule has 1 atom stereocenters. The number of benzene rings is 2. The van der Waals surface area contributed by atoms with Gasteiger partial charge in [0.2, 0.25) is 0 Å². The van der Waals surface area contributed by atoms with Crippen LogP contribution in [0.5, 0.6) is 11.5 Å². The summed E-state index contributed by atoms with van der Waals surface area (Å²) < 4.78 is 6.78. The summed E-state index contributed by atoms with van der Waals surface area (Å²) in [4.78, 5) is 13.2. The van der Waals surface area contributed by atoms with Gasteiger partial charge in [-0.05, 0) is 55.3 Å². The van der Waals surface area contributed by atoms with Crippen molar-refractivity contribution in [3.05, 3.63) is 58.6 Å². The molecule has 0 amide bonds. The summed E-state index contributed by atoms with van der Waals surface area (Å²) in [7, 11) is 0. The summed E-state index contributed by atoms with van der Waals surface area (Å²) in [6.45, 7) is 1.50. The Kier molecular flexibility index (Phi) is 4.98. The Balaban J connectivity index is 1.64. The highest BCUT2D eigenvalue weighted by Gasteiger charge is 2.30. The maximum Gasteiger partial charge on any atom is 0.320 e. The first kappa shape index (κ1) is 16.0. The quantitative estimate of drug-likeness (QED) is 0.846. The Bertz CT molecular complexity index is 687. The summed E-state index contributed by atoms with van der Waals surface area (Å²) in [5.41, 5.74) is 1.10. The normalized spacial score (nSPS) is 18.0. The van der Waals surface area contributed by atoms with E-state index in [9.17, 15) is 9.90 Å². The van der Waals surface area contributed by atoms with Crippen LogP contribution in [-0.4, -0.2) is 28.6 Å². The number of carboxylic acids is 1. The third-order valence-corrected chi connectivity index (χ3v) is 4.48. The van der Waals surface area contributed by atoms with E-state index in [1.54, 1.807) is 0 Å². The number of hydrogen-bond acceptors (Lipinski definition) is 3. The lowest BCUT2D eigenvalue weighted by Gasteiger charge is -2.21. The second-order valence-corrected chi connectivity index (χ2v) is 6.59. The van der Waals surface area contributed by atoms with Crippen LogP contribution in [0.25, 0.3) is 0 Å². The fourth-order valence-corrected chi connectivity index (χ4v) is 3.24. The lowest BCUT2D eigenvalue weighted by atomic mass is 10.2. The van der Waals surface area contributed by atoms with Crippen LogP contribution in [0.1, 0.15) is 18.4 Å². The SMILES string of the molecule is O=C(O)[C@H]1CCCN1Cc1ccc(Oc2cccc(Br)c2)cc1. The Morgan fingerprint density at radius 1 is 1.22 bits per heavy atom. The van der Waals surface area contributed by atoms with Crippen LogP contribution >= 0.6 is 15.9 Å². The fraction of sp³-hybridized carbons (Fsp3) is 0.278. The predicted molar refractivity (Wildman–Crippen MR) is 91.7 cm³/mol. The molecule has 1 aliphatic rings. The zero-order valence-corrected chi connectivity index (χ0v) is 14.2. The van der Waals surface area contributed by atoms with Crippen LogP contribution in [0.3, 0.4) is 0 Å². The molecule has 1 aliphatic heterocycles. The van der Waals surface area contributed by atoms with Crippen molar-refractivity contribution in [3.8, 4) is 11.5 Å². The van der Waals surface area contributed by atoms with E-state index in [-0.39, 0.29) is 6.04 Å². The van der Waals surface area contributed by atoms with Gasteiger partial charge in [-0.3, -0.25) is 9.69 Å². The molecular formula is C18H18BrNO3. The van der Waals surface area contributed by atoms with Gasteiger partial charge < -0.3 is 9.84 Å². The highest BCUT2D eigenvalue weighted by atomic mass is 79.9. The summed E-state index contributed by atoms with van der Waals surface area (Å²) in [5, 5.41) is 9.23. The van der Waals surface area contributed by atoms with E-state index in [0.717, 1.165) is 40.9 Å². The van der Waals surface area contributed by atoms with Gasteiger partial charge in [-0.15, -0.1) is 0 Å². The maximum absolute atomic E-state index is 11.2. The third-order valence-electron chi connectivity index (χ3n) is 3.99. The molecule has 5 heteroatoms. The molecule has 3 rings (SSSR count). The van der Waals surface area contributed by atoms with Gasteiger partial charge in [-0.2, -0.15) is 0 Å². The van der Waals surface area contributed by atoms with E-state index >= 15 is 0 Å². The monoisotopic (exact) mass is 375 g/mol. The minimum absolute atomic E-state index is 0.354. The first-order valence-corrected chi connectivity index (χ1v) is 8.40. The number of aliphatic carboxylic acids is 1. The van der Waals surface area contributed by atoms with Gasteiger partial charge >= 0.3 is 5.97 Å². The Labute approximate surface area is 143 Å². The maximum atomic E-state index is 11.2. The van der Waals surface area contributed by atoms with E-state index in [4.69, 9.17) is 4.74 Å².